The van der Waals surface area contributed by atoms with Crippen LogP contribution in [0.25, 0.3) is 0 Å². The van der Waals surface area contributed by atoms with Crippen LogP contribution >= 0.6 is 0 Å². The lowest BCUT2D eigenvalue weighted by molar-refractivity contribution is -0.337. The van der Waals surface area contributed by atoms with Crippen molar-refractivity contribution >= 4 is 0 Å². The molecule has 10 atom stereocenters. The van der Waals surface area contributed by atoms with Crippen molar-refractivity contribution < 1.29 is 44.8 Å². The van der Waals surface area contributed by atoms with E-state index in [2.05, 4.69) is 10.6 Å². The van der Waals surface area contributed by atoms with Crippen LogP contribution in [-0.4, -0.2) is 105 Å². The zero-order valence-corrected chi connectivity index (χ0v) is 20.3. The number of ether oxygens (including phenoxy) is 3. The summed E-state index contributed by atoms with van der Waals surface area (Å²) in [7, 11) is 0. The highest BCUT2D eigenvalue weighted by atomic mass is 16.7. The Morgan fingerprint density at radius 3 is 1.78 bits per heavy atom. The molecule has 2 saturated heterocycles. The first-order chi connectivity index (χ1) is 17.9. The third-order valence-corrected chi connectivity index (χ3v) is 6.77. The predicted molar refractivity (Wildman–Crippen MR) is 131 cm³/mol. The lowest BCUT2D eigenvalue weighted by Crippen LogP contribution is -2.69. The Balaban J connectivity index is 1.52. The van der Waals surface area contributed by atoms with Crippen LogP contribution < -0.4 is 10.6 Å². The maximum atomic E-state index is 11.4. The zero-order chi connectivity index (χ0) is 26.4. The Kier molecular flexibility index (Phi) is 9.98. The highest BCUT2D eigenvalue weighted by molar-refractivity contribution is 5.16. The molecule has 0 aliphatic carbocycles. The van der Waals surface area contributed by atoms with Crippen LogP contribution in [-0.2, 0) is 27.3 Å². The Morgan fingerprint density at radius 2 is 1.22 bits per heavy atom. The van der Waals surface area contributed by atoms with Crippen LogP contribution in [0.15, 0.2) is 60.7 Å². The molecule has 2 aliphatic heterocycles. The summed E-state index contributed by atoms with van der Waals surface area (Å²) in [5, 5.41) is 68.2. The molecule has 204 valence electrons. The van der Waals surface area contributed by atoms with E-state index in [0.29, 0.717) is 13.1 Å². The Morgan fingerprint density at radius 1 is 0.649 bits per heavy atom. The Bertz CT molecular complexity index is 938. The maximum Gasteiger partial charge on any atom is 0.187 e. The number of benzene rings is 2. The van der Waals surface area contributed by atoms with Gasteiger partial charge in [0, 0.05) is 13.1 Å². The fourth-order valence-corrected chi connectivity index (χ4v) is 4.65. The van der Waals surface area contributed by atoms with Gasteiger partial charge in [0.05, 0.1) is 19.3 Å². The molecule has 2 heterocycles. The summed E-state index contributed by atoms with van der Waals surface area (Å²) >= 11 is 0. The molecule has 4 rings (SSSR count). The van der Waals surface area contributed by atoms with Crippen molar-refractivity contribution in [1.82, 2.24) is 10.6 Å². The zero-order valence-electron chi connectivity index (χ0n) is 20.3. The summed E-state index contributed by atoms with van der Waals surface area (Å²) in [4.78, 5) is 0. The van der Waals surface area contributed by atoms with E-state index in [4.69, 9.17) is 14.2 Å². The first-order valence-corrected chi connectivity index (χ1v) is 12.4. The normalized spacial score (nSPS) is 36.4. The Labute approximate surface area is 215 Å². The van der Waals surface area contributed by atoms with E-state index in [-0.39, 0.29) is 0 Å². The van der Waals surface area contributed by atoms with Gasteiger partial charge in [-0.1, -0.05) is 60.7 Å². The summed E-state index contributed by atoms with van der Waals surface area (Å²) < 4.78 is 17.4. The number of nitrogens with one attached hydrogen (secondary N) is 2. The molecular weight excluding hydrogens is 484 g/mol. The molecule has 11 nitrogen and oxygen atoms in total. The van der Waals surface area contributed by atoms with Crippen LogP contribution in [0.4, 0.5) is 0 Å². The second kappa shape index (κ2) is 13.2. The average Bonchev–Trinajstić information content (AvgIpc) is 2.93. The van der Waals surface area contributed by atoms with Crippen LogP contribution in [0.5, 0.6) is 0 Å². The van der Waals surface area contributed by atoms with Gasteiger partial charge in [0.2, 0.25) is 0 Å². The lowest BCUT2D eigenvalue weighted by Gasteiger charge is -2.47. The summed E-state index contributed by atoms with van der Waals surface area (Å²) in [6.07, 6.45) is -11.7. The first-order valence-electron chi connectivity index (χ1n) is 12.4. The fraction of sp³-hybridized carbons (Fsp3) is 0.538. The van der Waals surface area contributed by atoms with E-state index in [1.165, 1.54) is 0 Å². The number of aliphatic hydroxyl groups is 6. The minimum atomic E-state index is -1.66. The van der Waals surface area contributed by atoms with Crippen LogP contribution in [0.2, 0.25) is 0 Å². The molecule has 2 aliphatic rings. The first kappa shape index (κ1) is 28.0. The van der Waals surface area contributed by atoms with Gasteiger partial charge in [-0.15, -0.1) is 0 Å². The highest BCUT2D eigenvalue weighted by Crippen LogP contribution is 2.29. The van der Waals surface area contributed by atoms with E-state index >= 15 is 0 Å². The molecule has 2 aromatic carbocycles. The molecule has 2 aromatic rings. The molecule has 0 amide bonds. The standard InChI is InChI=1S/C26H36N2O9/c29-13-17-20(31)22(33)23(34)26(36-17)37-24-18(14-30)35-25(28-12-16-9-5-2-6-10-16)19(21(24)32)27-11-15-7-3-1-4-8-15/h1-10,17-34H,11-14H2/t17?,18?,19?,20-,21?,22?,23?,24+,25+,26-/m0/s1. The second-order valence-corrected chi connectivity index (χ2v) is 9.33. The molecule has 2 fully saturated rings. The van der Waals surface area contributed by atoms with Crippen molar-refractivity contribution in [3.63, 3.8) is 0 Å². The van der Waals surface area contributed by atoms with E-state index in [0.717, 1.165) is 11.1 Å². The van der Waals surface area contributed by atoms with Gasteiger partial charge in [0.25, 0.3) is 0 Å². The smallest absolute Gasteiger partial charge is 0.187 e. The topological polar surface area (TPSA) is 173 Å². The van der Waals surface area contributed by atoms with Crippen molar-refractivity contribution in [3.05, 3.63) is 71.8 Å². The highest BCUT2D eigenvalue weighted by Gasteiger charge is 2.50. The molecular formula is C26H36N2O9. The number of aliphatic hydroxyl groups excluding tert-OH is 6. The Hall–Kier alpha value is -2.00. The molecule has 0 saturated carbocycles. The van der Waals surface area contributed by atoms with E-state index in [1.54, 1.807) is 0 Å². The van der Waals surface area contributed by atoms with Gasteiger partial charge in [0.1, 0.15) is 49.0 Å². The molecule has 11 heteroatoms. The van der Waals surface area contributed by atoms with Gasteiger partial charge in [-0.05, 0) is 11.1 Å². The van der Waals surface area contributed by atoms with Crippen LogP contribution in [0.1, 0.15) is 11.1 Å². The van der Waals surface area contributed by atoms with Crippen molar-refractivity contribution in [2.24, 2.45) is 0 Å². The lowest BCUT2D eigenvalue weighted by atomic mass is 9.94. The summed E-state index contributed by atoms with van der Waals surface area (Å²) in [6, 6.07) is 18.5. The molecule has 0 spiro atoms. The summed E-state index contributed by atoms with van der Waals surface area (Å²) in [5.74, 6) is 0. The maximum absolute atomic E-state index is 11.4. The largest absolute Gasteiger partial charge is 0.394 e. The number of rotatable bonds is 10. The monoisotopic (exact) mass is 520 g/mol. The average molecular weight is 521 g/mol. The predicted octanol–water partition coefficient (Wildman–Crippen LogP) is -1.80. The molecule has 37 heavy (non-hydrogen) atoms. The van der Waals surface area contributed by atoms with Gasteiger partial charge >= 0.3 is 0 Å². The fourth-order valence-electron chi connectivity index (χ4n) is 4.65. The minimum Gasteiger partial charge on any atom is -0.394 e. The molecule has 0 radical (unpaired) electrons. The number of hydrogen-bond acceptors (Lipinski definition) is 11. The van der Waals surface area contributed by atoms with Crippen molar-refractivity contribution in [2.75, 3.05) is 13.2 Å². The summed E-state index contributed by atoms with van der Waals surface area (Å²) in [5.41, 5.74) is 1.98. The number of hydrogen-bond donors (Lipinski definition) is 8. The second-order valence-electron chi connectivity index (χ2n) is 9.33. The van der Waals surface area contributed by atoms with Gasteiger partial charge in [-0.25, -0.2) is 0 Å². The summed E-state index contributed by atoms with van der Waals surface area (Å²) in [6.45, 7) is -0.275. The third-order valence-electron chi connectivity index (χ3n) is 6.77. The third kappa shape index (κ3) is 6.72. The van der Waals surface area contributed by atoms with Gasteiger partial charge in [-0.2, -0.15) is 0 Å². The van der Waals surface area contributed by atoms with E-state index < -0.39 is 74.5 Å². The van der Waals surface area contributed by atoms with Crippen molar-refractivity contribution in [3.8, 4) is 0 Å². The van der Waals surface area contributed by atoms with Gasteiger partial charge in [0.15, 0.2) is 6.29 Å². The quantitative estimate of drug-likeness (QED) is 0.178. The molecule has 6 unspecified atom stereocenters. The SMILES string of the molecule is OCC1O[C@@H](O[C@@H]2C(CO)O[C@@H](NCc3ccccc3)C(NCc3ccccc3)C2O)C(O)C(O)[C@H]1O. The van der Waals surface area contributed by atoms with Crippen LogP contribution in [0, 0.1) is 0 Å². The van der Waals surface area contributed by atoms with Gasteiger partial charge < -0.3 is 50.2 Å². The van der Waals surface area contributed by atoms with Crippen molar-refractivity contribution in [1.29, 1.82) is 0 Å². The van der Waals surface area contributed by atoms with Crippen LogP contribution in [0.3, 0.4) is 0 Å². The molecule has 8 N–H and O–H groups in total. The van der Waals surface area contributed by atoms with Crippen molar-refractivity contribution in [2.45, 2.75) is 74.4 Å². The molecule has 0 aromatic heterocycles. The van der Waals surface area contributed by atoms with E-state index in [9.17, 15) is 30.6 Å². The molecule has 0 bridgehead atoms. The minimum absolute atomic E-state index is 0.409. The van der Waals surface area contributed by atoms with E-state index in [1.807, 2.05) is 60.7 Å². The van der Waals surface area contributed by atoms with Gasteiger partial charge in [-0.3, -0.25) is 5.32 Å².